The lowest BCUT2D eigenvalue weighted by Gasteiger charge is -2.03. The molecule has 1 aromatic carbocycles. The van der Waals surface area contributed by atoms with E-state index in [0.29, 0.717) is 22.4 Å². The minimum absolute atomic E-state index is 0.287. The number of aryl methyl sites for hydroxylation is 1. The third-order valence-corrected chi connectivity index (χ3v) is 2.82. The Morgan fingerprint density at radius 2 is 1.89 bits per heavy atom. The number of halogens is 2. The van der Waals surface area contributed by atoms with Gasteiger partial charge in [-0.05, 0) is 31.2 Å². The van der Waals surface area contributed by atoms with Crippen LogP contribution >= 0.6 is 11.6 Å². The van der Waals surface area contributed by atoms with Gasteiger partial charge in [0.05, 0.1) is 0 Å². The van der Waals surface area contributed by atoms with Gasteiger partial charge in [-0.1, -0.05) is 11.6 Å². The Morgan fingerprint density at radius 1 is 1.17 bits per heavy atom. The maximum atomic E-state index is 12.9. The molecule has 0 saturated carbocycles. The molecule has 0 aliphatic carbocycles. The second kappa shape index (κ2) is 4.03. The van der Waals surface area contributed by atoms with Crippen LogP contribution in [0.15, 0.2) is 30.3 Å². The Balaban J connectivity index is 2.27. The third kappa shape index (κ3) is 1.73. The van der Waals surface area contributed by atoms with Crippen LogP contribution in [0.25, 0.3) is 17.0 Å². The van der Waals surface area contributed by atoms with E-state index >= 15 is 0 Å². The predicted octanol–water partition coefficient (Wildman–Crippen LogP) is 2.89. The minimum atomic E-state index is -0.287. The van der Waals surface area contributed by atoms with Crippen molar-refractivity contribution in [2.24, 2.45) is 0 Å². The molecule has 0 unspecified atom stereocenters. The van der Waals surface area contributed by atoms with Crippen molar-refractivity contribution in [3.05, 3.63) is 47.1 Å². The van der Waals surface area contributed by atoms with Crippen molar-refractivity contribution in [2.45, 2.75) is 6.92 Å². The number of benzene rings is 1. The number of hydrogen-bond donors (Lipinski definition) is 0. The quantitative estimate of drug-likeness (QED) is 0.634. The first kappa shape index (κ1) is 11.1. The van der Waals surface area contributed by atoms with E-state index in [4.69, 9.17) is 11.6 Å². The Morgan fingerprint density at radius 3 is 2.61 bits per heavy atom. The first-order valence-electron chi connectivity index (χ1n) is 5.29. The van der Waals surface area contributed by atoms with Crippen molar-refractivity contribution < 1.29 is 4.39 Å². The van der Waals surface area contributed by atoms with Gasteiger partial charge < -0.3 is 0 Å². The van der Waals surface area contributed by atoms with Crippen molar-refractivity contribution in [1.29, 1.82) is 0 Å². The van der Waals surface area contributed by atoms with E-state index in [1.165, 1.54) is 12.1 Å². The maximum absolute atomic E-state index is 12.9. The highest BCUT2D eigenvalue weighted by Gasteiger charge is 2.11. The zero-order chi connectivity index (χ0) is 12.7. The van der Waals surface area contributed by atoms with Gasteiger partial charge in [0, 0.05) is 11.6 Å². The van der Waals surface area contributed by atoms with Gasteiger partial charge in [-0.2, -0.15) is 0 Å². The third-order valence-electron chi connectivity index (χ3n) is 2.63. The molecule has 0 amide bonds. The molecule has 0 atom stereocenters. The lowest BCUT2D eigenvalue weighted by Crippen LogP contribution is -1.98. The van der Waals surface area contributed by atoms with Gasteiger partial charge >= 0.3 is 0 Å². The predicted molar refractivity (Wildman–Crippen MR) is 65.9 cm³/mol. The molecule has 0 radical (unpaired) electrons. The molecule has 0 aliphatic rings. The number of fused-ring (bicyclic) bond motifs is 1. The van der Waals surface area contributed by atoms with E-state index in [1.807, 2.05) is 6.92 Å². The highest BCUT2D eigenvalue weighted by atomic mass is 35.5. The van der Waals surface area contributed by atoms with Crippen LogP contribution in [0.3, 0.4) is 0 Å². The van der Waals surface area contributed by atoms with Crippen LogP contribution in [0, 0.1) is 12.7 Å². The SMILES string of the molecule is Cc1nc(Cl)cc2nnc(-c3ccc(F)cc3)n12. The second-order valence-electron chi connectivity index (χ2n) is 3.85. The summed E-state index contributed by atoms with van der Waals surface area (Å²) in [6.07, 6.45) is 0. The van der Waals surface area contributed by atoms with E-state index in [9.17, 15) is 4.39 Å². The highest BCUT2D eigenvalue weighted by Crippen LogP contribution is 2.21. The largest absolute Gasteiger partial charge is 0.263 e. The van der Waals surface area contributed by atoms with E-state index < -0.39 is 0 Å². The summed E-state index contributed by atoms with van der Waals surface area (Å²) in [6, 6.07) is 7.71. The van der Waals surface area contributed by atoms with E-state index in [2.05, 4.69) is 15.2 Å². The van der Waals surface area contributed by atoms with Crippen molar-refractivity contribution in [3.8, 4) is 11.4 Å². The van der Waals surface area contributed by atoms with E-state index in [1.54, 1.807) is 22.6 Å². The van der Waals surface area contributed by atoms with Crippen molar-refractivity contribution in [2.75, 3.05) is 0 Å². The summed E-state index contributed by atoms with van der Waals surface area (Å²) in [7, 11) is 0. The number of nitrogens with zero attached hydrogens (tertiary/aromatic N) is 4. The summed E-state index contributed by atoms with van der Waals surface area (Å²) in [6.45, 7) is 1.81. The van der Waals surface area contributed by atoms with Crippen LogP contribution < -0.4 is 0 Å². The first-order chi connectivity index (χ1) is 8.65. The normalized spacial score (nSPS) is 11.1. The molecule has 18 heavy (non-hydrogen) atoms. The summed E-state index contributed by atoms with van der Waals surface area (Å²) < 4.78 is 14.7. The first-order valence-corrected chi connectivity index (χ1v) is 5.67. The zero-order valence-electron chi connectivity index (χ0n) is 9.43. The van der Waals surface area contributed by atoms with E-state index in [-0.39, 0.29) is 5.82 Å². The number of aromatic nitrogens is 4. The smallest absolute Gasteiger partial charge is 0.169 e. The fourth-order valence-electron chi connectivity index (χ4n) is 1.84. The number of hydrogen-bond acceptors (Lipinski definition) is 3. The Bertz CT molecular complexity index is 721. The lowest BCUT2D eigenvalue weighted by molar-refractivity contribution is 0.628. The van der Waals surface area contributed by atoms with Gasteiger partial charge in [0.2, 0.25) is 0 Å². The molecule has 0 aliphatic heterocycles. The van der Waals surface area contributed by atoms with Gasteiger partial charge in [0.1, 0.15) is 16.8 Å². The topological polar surface area (TPSA) is 43.1 Å². The van der Waals surface area contributed by atoms with E-state index in [0.717, 1.165) is 5.56 Å². The van der Waals surface area contributed by atoms with Gasteiger partial charge in [-0.3, -0.25) is 4.40 Å². The van der Waals surface area contributed by atoms with Crippen LogP contribution in [0.2, 0.25) is 5.15 Å². The molecule has 2 aromatic heterocycles. The molecule has 3 rings (SSSR count). The summed E-state index contributed by atoms with van der Waals surface area (Å²) in [4.78, 5) is 4.15. The molecule has 0 bridgehead atoms. The van der Waals surface area contributed by atoms with Crippen LogP contribution in [0.4, 0.5) is 4.39 Å². The summed E-state index contributed by atoms with van der Waals surface area (Å²) in [5, 5.41) is 8.50. The minimum Gasteiger partial charge on any atom is -0.263 e. The fourth-order valence-corrected chi connectivity index (χ4v) is 2.06. The molecular weight excluding hydrogens is 255 g/mol. The molecule has 3 aromatic rings. The van der Waals surface area contributed by atoms with Crippen LogP contribution in [0.5, 0.6) is 0 Å². The Hall–Kier alpha value is -2.01. The molecule has 6 heteroatoms. The molecule has 0 saturated heterocycles. The molecule has 0 N–H and O–H groups in total. The molecule has 0 fully saturated rings. The summed E-state index contributed by atoms with van der Waals surface area (Å²) >= 11 is 5.86. The molecule has 4 nitrogen and oxygen atoms in total. The monoisotopic (exact) mass is 262 g/mol. The van der Waals surface area contributed by atoms with Gasteiger partial charge in [0.25, 0.3) is 0 Å². The molecular formula is C12H8ClFN4. The summed E-state index contributed by atoms with van der Waals surface area (Å²) in [5.74, 6) is 1.01. The maximum Gasteiger partial charge on any atom is 0.169 e. The summed E-state index contributed by atoms with van der Waals surface area (Å²) in [5.41, 5.74) is 1.39. The van der Waals surface area contributed by atoms with Crippen LogP contribution in [-0.4, -0.2) is 19.6 Å². The standard InChI is InChI=1S/C12H8ClFN4/c1-7-15-10(13)6-11-16-17-12(18(7)11)8-2-4-9(14)5-3-8/h2-6H,1H3. The zero-order valence-corrected chi connectivity index (χ0v) is 10.2. The van der Waals surface area contributed by atoms with Gasteiger partial charge in [-0.15, -0.1) is 10.2 Å². The Kier molecular flexibility index (Phi) is 2.48. The average molecular weight is 263 g/mol. The molecule has 2 heterocycles. The number of rotatable bonds is 1. The molecule has 0 spiro atoms. The van der Waals surface area contributed by atoms with Crippen molar-refractivity contribution >= 4 is 17.2 Å². The van der Waals surface area contributed by atoms with Gasteiger partial charge in [0.15, 0.2) is 11.5 Å². The van der Waals surface area contributed by atoms with Crippen molar-refractivity contribution in [3.63, 3.8) is 0 Å². The van der Waals surface area contributed by atoms with Crippen LogP contribution in [-0.2, 0) is 0 Å². The lowest BCUT2D eigenvalue weighted by atomic mass is 10.2. The second-order valence-corrected chi connectivity index (χ2v) is 4.24. The van der Waals surface area contributed by atoms with Crippen molar-refractivity contribution in [1.82, 2.24) is 19.6 Å². The van der Waals surface area contributed by atoms with Crippen LogP contribution in [0.1, 0.15) is 5.82 Å². The van der Waals surface area contributed by atoms with Gasteiger partial charge in [-0.25, -0.2) is 9.37 Å². The molecule has 90 valence electrons. The highest BCUT2D eigenvalue weighted by molar-refractivity contribution is 6.29. The Labute approximate surface area is 107 Å². The average Bonchev–Trinajstić information content (AvgIpc) is 2.74. The fraction of sp³-hybridized carbons (Fsp3) is 0.0833.